The van der Waals surface area contributed by atoms with Gasteiger partial charge in [0.1, 0.15) is 10.6 Å². The van der Waals surface area contributed by atoms with Crippen LogP contribution in [0.2, 0.25) is 0 Å². The van der Waals surface area contributed by atoms with Crippen molar-refractivity contribution in [3.8, 4) is 5.75 Å². The highest BCUT2D eigenvalue weighted by Crippen LogP contribution is 2.32. The van der Waals surface area contributed by atoms with Crippen molar-refractivity contribution >= 4 is 19.7 Å². The smallest absolute Gasteiger partial charge is 0.265 e. The van der Waals surface area contributed by atoms with Crippen LogP contribution < -0.4 is 4.74 Å². The Hall–Kier alpha value is -0.740. The van der Waals surface area contributed by atoms with E-state index >= 15 is 0 Å². The molecule has 0 heterocycles. The Morgan fingerprint density at radius 3 is 2.44 bits per heavy atom. The van der Waals surface area contributed by atoms with Crippen LogP contribution in [-0.4, -0.2) is 15.0 Å². The highest BCUT2D eigenvalue weighted by atomic mass is 35.7. The first kappa shape index (κ1) is 15.3. The quantitative estimate of drug-likeness (QED) is 0.777. The van der Waals surface area contributed by atoms with Crippen LogP contribution in [0.1, 0.15) is 31.4 Å². The number of halogens is 1. The Balaban J connectivity index is 3.17. The molecule has 5 heteroatoms. The molecule has 0 radical (unpaired) electrons. The van der Waals surface area contributed by atoms with E-state index in [0.717, 1.165) is 17.5 Å². The lowest BCUT2D eigenvalue weighted by Gasteiger charge is -2.16. The number of rotatable bonds is 5. The van der Waals surface area contributed by atoms with E-state index in [9.17, 15) is 8.42 Å². The number of ether oxygens (including phenoxy) is 1. The van der Waals surface area contributed by atoms with Gasteiger partial charge in [0.2, 0.25) is 0 Å². The molecular formula is C13H19ClO3S. The third-order valence-electron chi connectivity index (χ3n) is 2.86. The minimum absolute atomic E-state index is 0.0602. The lowest BCUT2D eigenvalue weighted by atomic mass is 10.1. The van der Waals surface area contributed by atoms with Crippen LogP contribution in [0.4, 0.5) is 0 Å². The van der Waals surface area contributed by atoms with Crippen molar-refractivity contribution in [2.24, 2.45) is 5.92 Å². The summed E-state index contributed by atoms with van der Waals surface area (Å²) in [6.45, 7) is 8.26. The summed E-state index contributed by atoms with van der Waals surface area (Å²) in [5, 5.41) is 0. The van der Waals surface area contributed by atoms with Gasteiger partial charge in [-0.1, -0.05) is 26.3 Å². The van der Waals surface area contributed by atoms with Crippen molar-refractivity contribution in [3.05, 3.63) is 23.3 Å². The first-order chi connectivity index (χ1) is 8.25. The number of hydrogen-bond donors (Lipinski definition) is 0. The molecule has 0 spiro atoms. The predicted octanol–water partition coefficient (Wildman–Crippen LogP) is 3.66. The standard InChI is InChI=1S/C13H19ClO3S/c1-5-9(2)8-17-13-11(4)6-10(3)7-12(13)18(14,15)16/h6-7,9H,5,8H2,1-4H3. The van der Waals surface area contributed by atoms with E-state index in [-0.39, 0.29) is 4.90 Å². The van der Waals surface area contributed by atoms with Gasteiger partial charge in [0.15, 0.2) is 0 Å². The first-order valence-electron chi connectivity index (χ1n) is 5.94. The van der Waals surface area contributed by atoms with Gasteiger partial charge < -0.3 is 4.74 Å². The monoisotopic (exact) mass is 290 g/mol. The van der Waals surface area contributed by atoms with Crippen LogP contribution in [0.25, 0.3) is 0 Å². The minimum atomic E-state index is -3.79. The topological polar surface area (TPSA) is 43.4 Å². The molecular weight excluding hydrogens is 272 g/mol. The molecule has 0 aromatic heterocycles. The summed E-state index contributed by atoms with van der Waals surface area (Å²) in [7, 11) is 1.66. The lowest BCUT2D eigenvalue weighted by molar-refractivity contribution is 0.249. The van der Waals surface area contributed by atoms with Crippen LogP contribution in [0, 0.1) is 19.8 Å². The van der Waals surface area contributed by atoms with Gasteiger partial charge in [-0.3, -0.25) is 0 Å². The summed E-state index contributed by atoms with van der Waals surface area (Å²) in [6.07, 6.45) is 0.980. The molecule has 3 nitrogen and oxygen atoms in total. The molecule has 0 saturated heterocycles. The fourth-order valence-electron chi connectivity index (χ4n) is 1.62. The highest BCUT2D eigenvalue weighted by Gasteiger charge is 2.20. The third kappa shape index (κ3) is 3.89. The van der Waals surface area contributed by atoms with Crippen LogP contribution in [0.5, 0.6) is 5.75 Å². The van der Waals surface area contributed by atoms with Crippen molar-refractivity contribution in [2.45, 2.75) is 39.0 Å². The van der Waals surface area contributed by atoms with Gasteiger partial charge >= 0.3 is 0 Å². The second-order valence-electron chi connectivity index (χ2n) is 4.67. The van der Waals surface area contributed by atoms with Crippen LogP contribution in [0.3, 0.4) is 0 Å². The summed E-state index contributed by atoms with van der Waals surface area (Å²) in [5.41, 5.74) is 1.64. The molecule has 1 rings (SSSR count). The average molecular weight is 291 g/mol. The van der Waals surface area contributed by atoms with Crippen molar-refractivity contribution in [1.82, 2.24) is 0 Å². The summed E-state index contributed by atoms with van der Waals surface area (Å²) in [4.78, 5) is 0.0602. The second kappa shape index (κ2) is 5.93. The number of benzene rings is 1. The summed E-state index contributed by atoms with van der Waals surface area (Å²) < 4.78 is 28.8. The zero-order valence-corrected chi connectivity index (χ0v) is 12.7. The van der Waals surface area contributed by atoms with Crippen molar-refractivity contribution < 1.29 is 13.2 Å². The Morgan fingerprint density at radius 1 is 1.33 bits per heavy atom. The van der Waals surface area contributed by atoms with Gasteiger partial charge in [-0.15, -0.1) is 0 Å². The van der Waals surface area contributed by atoms with E-state index in [1.165, 1.54) is 0 Å². The van der Waals surface area contributed by atoms with Gasteiger partial charge in [0, 0.05) is 10.7 Å². The van der Waals surface area contributed by atoms with E-state index in [4.69, 9.17) is 15.4 Å². The molecule has 1 unspecified atom stereocenters. The normalized spacial score (nSPS) is 13.4. The van der Waals surface area contributed by atoms with Gasteiger partial charge in [-0.2, -0.15) is 0 Å². The molecule has 102 valence electrons. The van der Waals surface area contributed by atoms with E-state index in [1.54, 1.807) is 6.07 Å². The first-order valence-corrected chi connectivity index (χ1v) is 8.25. The molecule has 0 aliphatic carbocycles. The fraction of sp³-hybridized carbons (Fsp3) is 0.538. The fourth-order valence-corrected chi connectivity index (χ4v) is 2.74. The summed E-state index contributed by atoms with van der Waals surface area (Å²) >= 11 is 0. The maximum atomic E-state index is 11.6. The van der Waals surface area contributed by atoms with Gasteiger partial charge in [0.25, 0.3) is 9.05 Å². The molecule has 0 N–H and O–H groups in total. The lowest BCUT2D eigenvalue weighted by Crippen LogP contribution is -2.10. The Kier molecular flexibility index (Phi) is 5.05. The largest absolute Gasteiger partial charge is 0.492 e. The molecule has 1 atom stereocenters. The van der Waals surface area contributed by atoms with Crippen LogP contribution in [0.15, 0.2) is 17.0 Å². The summed E-state index contributed by atoms with van der Waals surface area (Å²) in [5.74, 6) is 0.743. The van der Waals surface area contributed by atoms with E-state index in [1.807, 2.05) is 19.9 Å². The highest BCUT2D eigenvalue weighted by molar-refractivity contribution is 8.13. The Bertz CT molecular complexity index is 523. The summed E-state index contributed by atoms with van der Waals surface area (Å²) in [6, 6.07) is 3.43. The van der Waals surface area contributed by atoms with E-state index in [0.29, 0.717) is 18.3 Å². The molecule has 0 saturated carbocycles. The van der Waals surface area contributed by atoms with Crippen LogP contribution in [-0.2, 0) is 9.05 Å². The third-order valence-corrected chi connectivity index (χ3v) is 4.18. The van der Waals surface area contributed by atoms with Gasteiger partial charge in [0.05, 0.1) is 6.61 Å². The minimum Gasteiger partial charge on any atom is -0.492 e. The zero-order valence-electron chi connectivity index (χ0n) is 11.2. The SMILES string of the molecule is CCC(C)COc1c(C)cc(C)cc1S(=O)(=O)Cl. The maximum absolute atomic E-state index is 11.6. The zero-order chi connectivity index (χ0) is 13.9. The average Bonchev–Trinajstić information content (AvgIpc) is 2.25. The maximum Gasteiger partial charge on any atom is 0.265 e. The number of aryl methyl sites for hydroxylation is 2. The molecule has 0 aliphatic heterocycles. The predicted molar refractivity (Wildman–Crippen MR) is 73.9 cm³/mol. The molecule has 0 bridgehead atoms. The van der Waals surface area contributed by atoms with E-state index in [2.05, 4.69) is 13.8 Å². The molecule has 1 aromatic carbocycles. The van der Waals surface area contributed by atoms with Crippen LogP contribution >= 0.6 is 10.7 Å². The molecule has 0 fully saturated rings. The van der Waals surface area contributed by atoms with Gasteiger partial charge in [-0.05, 0) is 37.0 Å². The Labute approximate surface area is 114 Å². The molecule has 18 heavy (non-hydrogen) atoms. The molecule has 0 aliphatic rings. The Morgan fingerprint density at radius 2 is 1.94 bits per heavy atom. The number of hydrogen-bond acceptors (Lipinski definition) is 3. The van der Waals surface area contributed by atoms with Crippen molar-refractivity contribution in [3.63, 3.8) is 0 Å². The van der Waals surface area contributed by atoms with E-state index < -0.39 is 9.05 Å². The van der Waals surface area contributed by atoms with Crippen molar-refractivity contribution in [1.29, 1.82) is 0 Å². The van der Waals surface area contributed by atoms with Gasteiger partial charge in [-0.25, -0.2) is 8.42 Å². The molecule has 0 amide bonds. The molecule has 1 aromatic rings. The van der Waals surface area contributed by atoms with Crippen molar-refractivity contribution in [2.75, 3.05) is 6.61 Å². The second-order valence-corrected chi connectivity index (χ2v) is 7.21.